The SMILES string of the molecule is Cc1cc2cc(CCC(=O)Nc3ccc4c(c3)OCCO4)c(=O)[nH]c2cc1C. The van der Waals surface area contributed by atoms with Crippen LogP contribution in [0.4, 0.5) is 5.69 Å². The molecule has 0 bridgehead atoms. The lowest BCUT2D eigenvalue weighted by atomic mass is 10.0. The molecule has 0 fully saturated rings. The Kier molecular flexibility index (Phi) is 4.77. The number of carbonyl (C=O) groups excluding carboxylic acids is 1. The summed E-state index contributed by atoms with van der Waals surface area (Å²) in [6, 6.07) is 11.2. The van der Waals surface area contributed by atoms with Gasteiger partial charge in [-0.3, -0.25) is 9.59 Å². The Labute approximate surface area is 162 Å². The number of pyridine rings is 1. The van der Waals surface area contributed by atoms with E-state index in [4.69, 9.17) is 9.47 Å². The molecule has 2 heterocycles. The molecule has 0 atom stereocenters. The maximum Gasteiger partial charge on any atom is 0.251 e. The molecule has 1 aliphatic rings. The minimum absolute atomic E-state index is 0.150. The van der Waals surface area contributed by atoms with Crippen molar-refractivity contribution in [1.82, 2.24) is 4.98 Å². The number of nitrogens with one attached hydrogen (secondary N) is 2. The number of aryl methyl sites for hydroxylation is 3. The van der Waals surface area contributed by atoms with Gasteiger partial charge in [0.2, 0.25) is 5.91 Å². The van der Waals surface area contributed by atoms with E-state index in [1.165, 1.54) is 5.56 Å². The van der Waals surface area contributed by atoms with Gasteiger partial charge in [0.15, 0.2) is 11.5 Å². The summed E-state index contributed by atoms with van der Waals surface area (Å²) in [6.07, 6.45) is 0.586. The van der Waals surface area contributed by atoms with Crippen molar-refractivity contribution in [3.8, 4) is 11.5 Å². The molecule has 144 valence electrons. The van der Waals surface area contributed by atoms with Gasteiger partial charge in [0, 0.05) is 29.3 Å². The minimum Gasteiger partial charge on any atom is -0.486 e. The first-order valence-corrected chi connectivity index (χ1v) is 9.32. The molecule has 6 heteroatoms. The number of amides is 1. The third-order valence-electron chi connectivity index (χ3n) is 4.98. The number of rotatable bonds is 4. The highest BCUT2D eigenvalue weighted by Gasteiger charge is 2.13. The van der Waals surface area contributed by atoms with Crippen molar-refractivity contribution in [2.75, 3.05) is 18.5 Å². The number of hydrogen-bond acceptors (Lipinski definition) is 4. The molecule has 1 amide bonds. The zero-order valence-corrected chi connectivity index (χ0v) is 15.9. The topological polar surface area (TPSA) is 80.4 Å². The van der Waals surface area contributed by atoms with Crippen molar-refractivity contribution >= 4 is 22.5 Å². The molecule has 0 saturated heterocycles. The summed E-state index contributed by atoms with van der Waals surface area (Å²) in [6.45, 7) is 5.08. The van der Waals surface area contributed by atoms with Gasteiger partial charge in [0.05, 0.1) is 0 Å². The highest BCUT2D eigenvalue weighted by atomic mass is 16.6. The lowest BCUT2D eigenvalue weighted by Crippen LogP contribution is -2.18. The second kappa shape index (κ2) is 7.38. The van der Waals surface area contributed by atoms with Gasteiger partial charge in [-0.05, 0) is 67.1 Å². The van der Waals surface area contributed by atoms with E-state index >= 15 is 0 Å². The average Bonchev–Trinajstić information content (AvgIpc) is 2.68. The third-order valence-corrected chi connectivity index (χ3v) is 4.98. The smallest absolute Gasteiger partial charge is 0.251 e. The summed E-state index contributed by atoms with van der Waals surface area (Å²) < 4.78 is 11.0. The maximum atomic E-state index is 12.3. The number of benzene rings is 2. The highest BCUT2D eigenvalue weighted by Crippen LogP contribution is 2.32. The molecule has 6 nitrogen and oxygen atoms in total. The van der Waals surface area contributed by atoms with Gasteiger partial charge in [-0.25, -0.2) is 0 Å². The predicted molar refractivity (Wildman–Crippen MR) is 108 cm³/mol. The molecule has 28 heavy (non-hydrogen) atoms. The molecule has 1 aliphatic heterocycles. The standard InChI is InChI=1S/C22H22N2O4/c1-13-9-16-11-15(22(26)24-18(16)10-14(13)2)3-6-21(25)23-17-4-5-19-20(12-17)28-8-7-27-19/h4-5,9-12H,3,6-8H2,1-2H3,(H,23,25)(H,24,26). The van der Waals surface area contributed by atoms with E-state index in [1.807, 2.05) is 26.0 Å². The van der Waals surface area contributed by atoms with Crippen LogP contribution in [0.25, 0.3) is 10.9 Å². The summed E-state index contributed by atoms with van der Waals surface area (Å²) in [5.41, 5.74) is 4.22. The quantitative estimate of drug-likeness (QED) is 0.728. The van der Waals surface area contributed by atoms with Crippen molar-refractivity contribution < 1.29 is 14.3 Å². The van der Waals surface area contributed by atoms with Gasteiger partial charge in [-0.15, -0.1) is 0 Å². The summed E-state index contributed by atoms with van der Waals surface area (Å²) in [5, 5.41) is 3.83. The van der Waals surface area contributed by atoms with E-state index < -0.39 is 0 Å². The van der Waals surface area contributed by atoms with Crippen LogP contribution in [0.5, 0.6) is 11.5 Å². The second-order valence-corrected chi connectivity index (χ2v) is 7.05. The van der Waals surface area contributed by atoms with Crippen LogP contribution in [0.3, 0.4) is 0 Å². The minimum atomic E-state index is -0.156. The predicted octanol–water partition coefficient (Wildman–Crippen LogP) is 3.49. The summed E-state index contributed by atoms with van der Waals surface area (Å²) >= 11 is 0. The third kappa shape index (κ3) is 3.71. The van der Waals surface area contributed by atoms with Crippen molar-refractivity contribution in [3.63, 3.8) is 0 Å². The Bertz CT molecular complexity index is 1120. The molecule has 0 aliphatic carbocycles. The Balaban J connectivity index is 1.45. The molecule has 3 aromatic rings. The molecule has 1 aromatic heterocycles. The van der Waals surface area contributed by atoms with Crippen molar-refractivity contribution in [3.05, 3.63) is 63.4 Å². The number of ether oxygens (including phenoxy) is 2. The van der Waals surface area contributed by atoms with Gasteiger partial charge in [-0.1, -0.05) is 0 Å². The van der Waals surface area contributed by atoms with Crippen LogP contribution in [0.15, 0.2) is 41.2 Å². The molecule has 0 saturated carbocycles. The maximum absolute atomic E-state index is 12.3. The van der Waals surface area contributed by atoms with Crippen LogP contribution in [0.2, 0.25) is 0 Å². The fourth-order valence-electron chi connectivity index (χ4n) is 3.30. The number of H-pyrrole nitrogens is 1. The van der Waals surface area contributed by atoms with E-state index in [0.717, 1.165) is 16.5 Å². The molecule has 0 spiro atoms. The fraction of sp³-hybridized carbons (Fsp3) is 0.273. The zero-order valence-electron chi connectivity index (χ0n) is 15.9. The Hall–Kier alpha value is -3.28. The van der Waals surface area contributed by atoms with E-state index in [-0.39, 0.29) is 17.9 Å². The number of hydrogen-bond donors (Lipinski definition) is 2. The number of aromatic nitrogens is 1. The van der Waals surface area contributed by atoms with E-state index in [0.29, 0.717) is 42.4 Å². The van der Waals surface area contributed by atoms with Crippen molar-refractivity contribution in [2.24, 2.45) is 0 Å². The summed E-state index contributed by atoms with van der Waals surface area (Å²) in [7, 11) is 0. The normalized spacial score (nSPS) is 12.8. The molecule has 4 rings (SSSR count). The van der Waals surface area contributed by atoms with Crippen LogP contribution in [0, 0.1) is 13.8 Å². The first-order chi connectivity index (χ1) is 13.5. The van der Waals surface area contributed by atoms with E-state index in [2.05, 4.69) is 16.4 Å². The van der Waals surface area contributed by atoms with E-state index in [9.17, 15) is 9.59 Å². The molecule has 0 unspecified atom stereocenters. The van der Waals surface area contributed by atoms with Crippen molar-refractivity contribution in [1.29, 1.82) is 0 Å². The van der Waals surface area contributed by atoms with Gasteiger partial charge in [0.1, 0.15) is 13.2 Å². The van der Waals surface area contributed by atoms with Crippen LogP contribution < -0.4 is 20.3 Å². The lowest BCUT2D eigenvalue weighted by Gasteiger charge is -2.19. The molecular formula is C22H22N2O4. The van der Waals surface area contributed by atoms with Gasteiger partial charge >= 0.3 is 0 Å². The largest absolute Gasteiger partial charge is 0.486 e. The first kappa shape index (κ1) is 18.1. The lowest BCUT2D eigenvalue weighted by molar-refractivity contribution is -0.116. The highest BCUT2D eigenvalue weighted by molar-refractivity contribution is 5.91. The van der Waals surface area contributed by atoms with Crippen LogP contribution in [-0.4, -0.2) is 24.1 Å². The van der Waals surface area contributed by atoms with Crippen molar-refractivity contribution in [2.45, 2.75) is 26.7 Å². The first-order valence-electron chi connectivity index (χ1n) is 9.32. The van der Waals surface area contributed by atoms with Gasteiger partial charge < -0.3 is 19.8 Å². The van der Waals surface area contributed by atoms with Crippen LogP contribution >= 0.6 is 0 Å². The van der Waals surface area contributed by atoms with Crippen LogP contribution in [-0.2, 0) is 11.2 Å². The fourth-order valence-corrected chi connectivity index (χ4v) is 3.30. The Morgan fingerprint density at radius 2 is 1.79 bits per heavy atom. The molecule has 2 N–H and O–H groups in total. The Morgan fingerprint density at radius 3 is 2.61 bits per heavy atom. The number of fused-ring (bicyclic) bond motifs is 2. The number of aromatic amines is 1. The monoisotopic (exact) mass is 378 g/mol. The van der Waals surface area contributed by atoms with Gasteiger partial charge in [0.25, 0.3) is 5.56 Å². The molecule has 0 radical (unpaired) electrons. The number of carbonyl (C=O) groups is 1. The zero-order chi connectivity index (χ0) is 19.7. The molecule has 2 aromatic carbocycles. The van der Waals surface area contributed by atoms with Gasteiger partial charge in [-0.2, -0.15) is 0 Å². The Morgan fingerprint density at radius 1 is 1.04 bits per heavy atom. The number of anilines is 1. The van der Waals surface area contributed by atoms with Crippen LogP contribution in [0.1, 0.15) is 23.1 Å². The van der Waals surface area contributed by atoms with E-state index in [1.54, 1.807) is 18.2 Å². The molecular weight excluding hydrogens is 356 g/mol. The summed E-state index contributed by atoms with van der Waals surface area (Å²) in [4.78, 5) is 27.6. The average molecular weight is 378 g/mol. The summed E-state index contributed by atoms with van der Waals surface area (Å²) in [5.74, 6) is 1.15. The second-order valence-electron chi connectivity index (χ2n) is 7.05.